The lowest BCUT2D eigenvalue weighted by Crippen LogP contribution is -2.32. The van der Waals surface area contributed by atoms with Crippen molar-refractivity contribution >= 4 is 174 Å². The first-order valence-corrected chi connectivity index (χ1v) is 43.0. The van der Waals surface area contributed by atoms with E-state index in [1.807, 2.05) is 13.8 Å². The predicted octanol–water partition coefficient (Wildman–Crippen LogP) is 29.4. The Labute approximate surface area is 721 Å². The summed E-state index contributed by atoms with van der Waals surface area (Å²) in [6, 6.07) is 108. The zero-order valence-electron chi connectivity index (χ0n) is 73.8. The van der Waals surface area contributed by atoms with Crippen LogP contribution >= 0.6 is 0 Å². The highest BCUT2D eigenvalue weighted by Crippen LogP contribution is 2.46. The van der Waals surface area contributed by atoms with Crippen molar-refractivity contribution in [1.82, 2.24) is 0 Å². The fourth-order valence-corrected chi connectivity index (χ4v) is 19.7. The molecule has 0 spiro atoms. The molecule has 24 aromatic rings. The standard InChI is InChI=1S/C31H28NO.2C29H24NO.C27H20NO/c1-18(2)23-11-8-12-27-24(23)13-14-28(32(27)5)30-20(4)19(3)15-26-25-16-21-9-6-7-10-22(21)17-29(25)33-31(26)30;1-17-8-7-11-25-22(17)12-13-26(30(25)4)28-19(3)18(2)14-24-23-15-20-9-5-6-10-21(20)16-27(23)31-29(24)28;1-17-13-24-23-15-20-9-5-6-10-21(20)16-27(23)31-29(24)28(19(17)3)26-14-18(2)22-11-7-8-12-25(22)30(26)4;1-17-11-13-21-22-15-19-8-3-4-9-20(19)16-25(22)29-27(21)26(17)24-14-12-18-7-5-6-10-23(18)28(24)2/h6-18H,1-5H3;2*5-16H,1-4H3;3-16H,1-2H3/q4*+1/i18D;;;. The van der Waals surface area contributed by atoms with Crippen molar-refractivity contribution in [1.29, 1.82) is 0 Å². The lowest BCUT2D eigenvalue weighted by molar-refractivity contribution is -0.633. The van der Waals surface area contributed by atoms with Crippen LogP contribution in [-0.2, 0) is 28.2 Å². The molecule has 0 bridgehead atoms. The summed E-state index contributed by atoms with van der Waals surface area (Å²) in [6.07, 6.45) is 0. The minimum Gasteiger partial charge on any atom is -0.455 e. The molecule has 0 fully saturated rings. The first-order chi connectivity index (χ1) is 60.5. The Balaban J connectivity index is 0.000000102. The molecule has 16 aromatic carbocycles. The molecule has 0 saturated heterocycles. The van der Waals surface area contributed by atoms with Crippen molar-refractivity contribution in [3.8, 4) is 45.0 Å². The molecule has 0 aliphatic carbocycles. The van der Waals surface area contributed by atoms with E-state index in [0.29, 0.717) is 0 Å². The van der Waals surface area contributed by atoms with Gasteiger partial charge in [0.15, 0.2) is 0 Å². The Hall–Kier alpha value is -14.6. The number of rotatable bonds is 5. The zero-order valence-corrected chi connectivity index (χ0v) is 72.8. The molecular formula is C116H96N4O4+4. The summed E-state index contributed by atoms with van der Waals surface area (Å²) in [5, 5.41) is 24.0. The van der Waals surface area contributed by atoms with Crippen molar-refractivity contribution in [2.45, 2.75) is 82.1 Å². The van der Waals surface area contributed by atoms with E-state index in [-0.39, 0.29) is 0 Å². The van der Waals surface area contributed by atoms with Gasteiger partial charge in [0.05, 0.1) is 22.3 Å². The highest BCUT2D eigenvalue weighted by Gasteiger charge is 2.30. The third-order valence-electron chi connectivity index (χ3n) is 26.9. The second kappa shape index (κ2) is 29.9. The zero-order chi connectivity index (χ0) is 85.9. The van der Waals surface area contributed by atoms with Gasteiger partial charge in [-0.2, -0.15) is 18.3 Å². The maximum absolute atomic E-state index is 8.61. The molecule has 0 N–H and O–H groups in total. The first-order valence-electron chi connectivity index (χ1n) is 43.5. The van der Waals surface area contributed by atoms with Crippen molar-refractivity contribution in [2.24, 2.45) is 28.2 Å². The van der Waals surface area contributed by atoms with Gasteiger partial charge in [-0.05, 0) is 264 Å². The summed E-state index contributed by atoms with van der Waals surface area (Å²) in [5.41, 5.74) is 34.1. The van der Waals surface area contributed by atoms with Gasteiger partial charge < -0.3 is 17.7 Å². The van der Waals surface area contributed by atoms with Crippen LogP contribution in [0.5, 0.6) is 0 Å². The number of benzene rings is 16. The van der Waals surface area contributed by atoms with Gasteiger partial charge in [-0.3, -0.25) is 0 Å². The smallest absolute Gasteiger partial charge is 0.217 e. The fourth-order valence-electron chi connectivity index (χ4n) is 19.7. The van der Waals surface area contributed by atoms with E-state index in [1.165, 1.54) is 181 Å². The number of para-hydroxylation sites is 2. The van der Waals surface area contributed by atoms with Crippen LogP contribution in [0.4, 0.5) is 0 Å². The third kappa shape index (κ3) is 12.5. The number of aromatic nitrogens is 4. The van der Waals surface area contributed by atoms with E-state index >= 15 is 0 Å². The van der Waals surface area contributed by atoms with E-state index in [9.17, 15) is 0 Å². The Kier molecular flexibility index (Phi) is 18.2. The van der Waals surface area contributed by atoms with Gasteiger partial charge in [-0.25, -0.2) is 0 Å². The normalized spacial score (nSPS) is 12.1. The maximum Gasteiger partial charge on any atom is 0.217 e. The van der Waals surface area contributed by atoms with E-state index in [1.54, 1.807) is 0 Å². The molecule has 0 atom stereocenters. The highest BCUT2D eigenvalue weighted by atomic mass is 16.3. The summed E-state index contributed by atoms with van der Waals surface area (Å²) in [6.45, 7) is 23.6. The molecule has 0 unspecified atom stereocenters. The fraction of sp³-hybridized carbons (Fsp3) is 0.138. The number of hydrogen-bond acceptors (Lipinski definition) is 4. The number of pyridine rings is 4. The second-order valence-electron chi connectivity index (χ2n) is 34.5. The van der Waals surface area contributed by atoms with E-state index in [4.69, 9.17) is 19.0 Å². The van der Waals surface area contributed by atoms with Crippen molar-refractivity contribution in [2.75, 3.05) is 0 Å². The number of nitrogens with zero attached hydrogens (tertiary/aromatic N) is 4. The molecule has 0 aliphatic heterocycles. The summed E-state index contributed by atoms with van der Waals surface area (Å²) in [7, 11) is 8.55. The maximum atomic E-state index is 8.61. The van der Waals surface area contributed by atoms with Crippen LogP contribution in [0.25, 0.3) is 219 Å². The van der Waals surface area contributed by atoms with Gasteiger partial charge in [0.1, 0.15) is 72.9 Å². The molecule has 24 rings (SSSR count). The van der Waals surface area contributed by atoms with Gasteiger partial charge in [0.25, 0.3) is 0 Å². The first kappa shape index (κ1) is 75.6. The quantitative estimate of drug-likeness (QED) is 0.161. The molecule has 0 aliphatic rings. The van der Waals surface area contributed by atoms with Crippen LogP contribution in [-0.4, -0.2) is 0 Å². The summed E-state index contributed by atoms with van der Waals surface area (Å²) in [4.78, 5) is 0. The molecular weight excluding hydrogens is 1510 g/mol. The van der Waals surface area contributed by atoms with Gasteiger partial charge in [-0.15, -0.1) is 0 Å². The van der Waals surface area contributed by atoms with Crippen LogP contribution in [0.2, 0.25) is 0 Å². The molecule has 600 valence electrons. The third-order valence-corrected chi connectivity index (χ3v) is 26.9. The minimum absolute atomic E-state index is 0.665. The SMILES string of the molecule is Cc1cc2c(oc3cc4ccccc4cc32)c(-c2cc(C)c3ccccc3[n+]2C)c1C.Cc1cc2c(oc3cc4ccccc4cc32)c(-c2ccc3c(C)cccc3[n+]2C)c1C.Cc1ccc2c(oc3cc4ccccc4cc32)c1-c1ccc2ccccc2[n+]1C.[2H]C(C)(C)c1cccc2c1ccc(-c1c(C)c(C)cc3c1oc1cc4ccccc4cc13)[n+]2C. The number of fused-ring (bicyclic) bond motifs is 20. The topological polar surface area (TPSA) is 68.1 Å². The predicted molar refractivity (Wildman–Crippen MR) is 518 cm³/mol. The Bertz CT molecular complexity index is 8690. The van der Waals surface area contributed by atoms with Crippen LogP contribution < -0.4 is 18.3 Å². The largest absolute Gasteiger partial charge is 0.455 e. The van der Waals surface area contributed by atoms with E-state index in [2.05, 4.69) is 412 Å². The molecule has 0 radical (unpaired) electrons. The summed E-state index contributed by atoms with van der Waals surface area (Å²) < 4.78 is 43.9. The second-order valence-corrected chi connectivity index (χ2v) is 34.5. The molecule has 124 heavy (non-hydrogen) atoms. The van der Waals surface area contributed by atoms with Crippen LogP contribution in [0.15, 0.2) is 321 Å². The molecule has 8 heterocycles. The molecule has 0 amide bonds. The van der Waals surface area contributed by atoms with E-state index in [0.717, 1.165) is 94.4 Å². The number of furan rings is 4. The summed E-state index contributed by atoms with van der Waals surface area (Å²) >= 11 is 0. The summed E-state index contributed by atoms with van der Waals surface area (Å²) in [5.74, 6) is -0.665. The molecule has 8 aromatic heterocycles. The van der Waals surface area contributed by atoms with Gasteiger partial charge in [-0.1, -0.05) is 172 Å². The Morgan fingerprint density at radius 1 is 0.218 bits per heavy atom. The highest BCUT2D eigenvalue weighted by molar-refractivity contribution is 6.18. The van der Waals surface area contributed by atoms with Crippen LogP contribution in [0, 0.1) is 62.3 Å². The average Bonchev–Trinajstić information content (AvgIpc) is 1.65. The van der Waals surface area contributed by atoms with Crippen LogP contribution in [0.1, 0.15) is 76.7 Å². The molecule has 0 saturated carbocycles. The molecule has 8 nitrogen and oxygen atoms in total. The average molecular weight is 1610 g/mol. The monoisotopic (exact) mass is 1610 g/mol. The van der Waals surface area contributed by atoms with Crippen molar-refractivity contribution in [3.63, 3.8) is 0 Å². The number of hydrogen-bond donors (Lipinski definition) is 0. The van der Waals surface area contributed by atoms with Crippen molar-refractivity contribution < 1.29 is 37.3 Å². The van der Waals surface area contributed by atoms with E-state index < -0.39 is 5.89 Å². The Morgan fingerprint density at radius 3 is 0.984 bits per heavy atom. The minimum atomic E-state index is -0.665. The van der Waals surface area contributed by atoms with Crippen LogP contribution in [0.3, 0.4) is 0 Å². The lowest BCUT2D eigenvalue weighted by Gasteiger charge is -2.12. The van der Waals surface area contributed by atoms with Gasteiger partial charge in [0.2, 0.25) is 44.8 Å². The number of aryl methyl sites for hydroxylation is 10. The van der Waals surface area contributed by atoms with Gasteiger partial charge in [0, 0.05) is 115 Å². The lowest BCUT2D eigenvalue weighted by atomic mass is 9.94. The van der Waals surface area contributed by atoms with Gasteiger partial charge >= 0.3 is 0 Å². The van der Waals surface area contributed by atoms with Crippen molar-refractivity contribution in [3.05, 3.63) is 359 Å². The molecule has 8 heteroatoms. The Morgan fingerprint density at radius 2 is 0.532 bits per heavy atom.